The zero-order valence-electron chi connectivity index (χ0n) is 17.2. The molecule has 0 radical (unpaired) electrons. The Morgan fingerprint density at radius 3 is 2.45 bits per heavy atom. The van der Waals surface area contributed by atoms with E-state index in [1.54, 1.807) is 45.4 Å². The number of ether oxygens (including phenoxy) is 2. The molecule has 0 unspecified atom stereocenters. The molecule has 0 atom stereocenters. The molecule has 1 amide bonds. The van der Waals surface area contributed by atoms with E-state index in [0.29, 0.717) is 28.8 Å². The SMILES string of the molecule is COc1ccc(OC)c(Nc2cc(C(=O)Nc3cccc(C)c3C)nc(C)n2)c1. The minimum atomic E-state index is -0.301. The molecule has 0 fully saturated rings. The van der Waals surface area contributed by atoms with Gasteiger partial charge in [-0.25, -0.2) is 9.97 Å². The van der Waals surface area contributed by atoms with Crippen LogP contribution in [0.3, 0.4) is 0 Å². The summed E-state index contributed by atoms with van der Waals surface area (Å²) in [6.45, 7) is 5.71. The molecule has 0 saturated carbocycles. The summed E-state index contributed by atoms with van der Waals surface area (Å²) in [6, 6.07) is 12.8. The number of carbonyl (C=O) groups excluding carboxylic acids is 1. The molecule has 29 heavy (non-hydrogen) atoms. The second-order valence-electron chi connectivity index (χ2n) is 6.58. The van der Waals surface area contributed by atoms with Gasteiger partial charge in [0, 0.05) is 17.8 Å². The van der Waals surface area contributed by atoms with E-state index in [1.807, 2.05) is 32.0 Å². The van der Waals surface area contributed by atoms with Crippen molar-refractivity contribution >= 4 is 23.1 Å². The van der Waals surface area contributed by atoms with Crippen LogP contribution in [0.15, 0.2) is 42.5 Å². The summed E-state index contributed by atoms with van der Waals surface area (Å²) < 4.78 is 10.7. The quantitative estimate of drug-likeness (QED) is 0.646. The molecule has 2 aromatic carbocycles. The van der Waals surface area contributed by atoms with Gasteiger partial charge in [0.2, 0.25) is 0 Å². The molecule has 3 rings (SSSR count). The summed E-state index contributed by atoms with van der Waals surface area (Å²) >= 11 is 0. The van der Waals surface area contributed by atoms with E-state index in [-0.39, 0.29) is 11.6 Å². The van der Waals surface area contributed by atoms with E-state index in [9.17, 15) is 4.79 Å². The van der Waals surface area contributed by atoms with Gasteiger partial charge in [-0.15, -0.1) is 0 Å². The number of aromatic nitrogens is 2. The zero-order chi connectivity index (χ0) is 21.0. The molecule has 0 saturated heterocycles. The average Bonchev–Trinajstić information content (AvgIpc) is 2.70. The topological polar surface area (TPSA) is 85.4 Å². The smallest absolute Gasteiger partial charge is 0.274 e. The van der Waals surface area contributed by atoms with Gasteiger partial charge >= 0.3 is 0 Å². The standard InChI is InChI=1S/C22H24N4O3/c1-13-7-6-8-17(14(13)2)26-22(27)19-12-21(24-15(3)23-19)25-18-11-16(28-4)9-10-20(18)29-5/h6-12H,1-5H3,(H,26,27)(H,23,24,25). The number of aryl methyl sites for hydroxylation is 2. The van der Waals surface area contributed by atoms with Gasteiger partial charge in [0.05, 0.1) is 19.9 Å². The van der Waals surface area contributed by atoms with Crippen LogP contribution >= 0.6 is 0 Å². The van der Waals surface area contributed by atoms with Gasteiger partial charge in [0.15, 0.2) is 0 Å². The second-order valence-corrected chi connectivity index (χ2v) is 6.58. The lowest BCUT2D eigenvalue weighted by Crippen LogP contribution is -2.16. The van der Waals surface area contributed by atoms with Crippen molar-refractivity contribution < 1.29 is 14.3 Å². The summed E-state index contributed by atoms with van der Waals surface area (Å²) in [4.78, 5) is 21.4. The van der Waals surface area contributed by atoms with Gasteiger partial charge in [0.25, 0.3) is 5.91 Å². The van der Waals surface area contributed by atoms with Crippen molar-refractivity contribution in [1.82, 2.24) is 9.97 Å². The maximum absolute atomic E-state index is 12.8. The Morgan fingerprint density at radius 2 is 1.72 bits per heavy atom. The Morgan fingerprint density at radius 1 is 0.931 bits per heavy atom. The summed E-state index contributed by atoms with van der Waals surface area (Å²) in [5.74, 6) is 1.96. The lowest BCUT2D eigenvalue weighted by atomic mass is 10.1. The first kappa shape index (κ1) is 20.1. The predicted molar refractivity (Wildman–Crippen MR) is 113 cm³/mol. The molecule has 0 bridgehead atoms. The zero-order valence-corrected chi connectivity index (χ0v) is 17.2. The third-order valence-corrected chi connectivity index (χ3v) is 4.59. The van der Waals surface area contributed by atoms with Gasteiger partial charge in [0.1, 0.15) is 28.8 Å². The molecule has 0 spiro atoms. The van der Waals surface area contributed by atoms with Crippen molar-refractivity contribution in [2.75, 3.05) is 24.9 Å². The van der Waals surface area contributed by atoms with E-state index < -0.39 is 0 Å². The van der Waals surface area contributed by atoms with Gasteiger partial charge < -0.3 is 20.1 Å². The molecule has 7 heteroatoms. The Kier molecular flexibility index (Phi) is 5.97. The molecule has 150 valence electrons. The monoisotopic (exact) mass is 392 g/mol. The number of nitrogens with zero attached hydrogens (tertiary/aromatic N) is 2. The molecule has 0 aliphatic heterocycles. The Bertz CT molecular complexity index is 1050. The van der Waals surface area contributed by atoms with Crippen molar-refractivity contribution in [3.8, 4) is 11.5 Å². The molecule has 2 N–H and O–H groups in total. The summed E-state index contributed by atoms with van der Waals surface area (Å²) in [7, 11) is 3.18. The van der Waals surface area contributed by atoms with Crippen LogP contribution < -0.4 is 20.1 Å². The predicted octanol–water partition coefficient (Wildman–Crippen LogP) is 4.41. The number of rotatable bonds is 6. The van der Waals surface area contributed by atoms with Crippen molar-refractivity contribution in [3.05, 3.63) is 65.1 Å². The van der Waals surface area contributed by atoms with Crippen LogP contribution in [-0.4, -0.2) is 30.1 Å². The van der Waals surface area contributed by atoms with Crippen molar-refractivity contribution in [3.63, 3.8) is 0 Å². The Labute approximate surface area is 170 Å². The number of benzene rings is 2. The number of anilines is 3. The third kappa shape index (κ3) is 4.63. The van der Waals surface area contributed by atoms with E-state index >= 15 is 0 Å². The van der Waals surface area contributed by atoms with Gasteiger partial charge in [-0.2, -0.15) is 0 Å². The first-order valence-electron chi connectivity index (χ1n) is 9.13. The third-order valence-electron chi connectivity index (χ3n) is 4.59. The second kappa shape index (κ2) is 8.60. The Balaban J connectivity index is 1.88. The molecule has 7 nitrogen and oxygen atoms in total. The summed E-state index contributed by atoms with van der Waals surface area (Å²) in [6.07, 6.45) is 0. The fourth-order valence-electron chi connectivity index (χ4n) is 2.87. The fraction of sp³-hybridized carbons (Fsp3) is 0.227. The molecule has 0 aliphatic carbocycles. The first-order chi connectivity index (χ1) is 13.9. The lowest BCUT2D eigenvalue weighted by Gasteiger charge is -2.14. The number of nitrogens with one attached hydrogen (secondary N) is 2. The largest absolute Gasteiger partial charge is 0.497 e. The number of amides is 1. The molecular formula is C22H24N4O3. The molecule has 3 aromatic rings. The van der Waals surface area contributed by atoms with Crippen molar-refractivity contribution in [2.24, 2.45) is 0 Å². The number of carbonyl (C=O) groups is 1. The molecule has 0 aliphatic rings. The summed E-state index contributed by atoms with van der Waals surface area (Å²) in [5.41, 5.74) is 3.82. The maximum atomic E-state index is 12.8. The first-order valence-corrected chi connectivity index (χ1v) is 9.13. The molecule has 1 heterocycles. The van der Waals surface area contributed by atoms with Gasteiger partial charge in [-0.05, 0) is 50.1 Å². The van der Waals surface area contributed by atoms with Crippen molar-refractivity contribution in [1.29, 1.82) is 0 Å². The molecule has 1 aromatic heterocycles. The van der Waals surface area contributed by atoms with Crippen LogP contribution in [0.1, 0.15) is 27.4 Å². The number of methoxy groups -OCH3 is 2. The highest BCUT2D eigenvalue weighted by Gasteiger charge is 2.14. The van der Waals surface area contributed by atoms with Gasteiger partial charge in [-0.1, -0.05) is 12.1 Å². The fourth-order valence-corrected chi connectivity index (χ4v) is 2.87. The highest BCUT2D eigenvalue weighted by molar-refractivity contribution is 6.03. The van der Waals surface area contributed by atoms with Crippen LogP contribution in [0.4, 0.5) is 17.2 Å². The molecular weight excluding hydrogens is 368 g/mol. The van der Waals surface area contributed by atoms with Crippen LogP contribution in [0.2, 0.25) is 0 Å². The van der Waals surface area contributed by atoms with E-state index in [1.165, 1.54) is 0 Å². The minimum absolute atomic E-state index is 0.266. The minimum Gasteiger partial charge on any atom is -0.497 e. The number of hydrogen-bond acceptors (Lipinski definition) is 6. The highest BCUT2D eigenvalue weighted by Crippen LogP contribution is 2.31. The van der Waals surface area contributed by atoms with Crippen molar-refractivity contribution in [2.45, 2.75) is 20.8 Å². The van der Waals surface area contributed by atoms with E-state index in [2.05, 4.69) is 20.6 Å². The normalized spacial score (nSPS) is 10.4. The maximum Gasteiger partial charge on any atom is 0.274 e. The Hall–Kier alpha value is -3.61. The van der Waals surface area contributed by atoms with E-state index in [0.717, 1.165) is 16.8 Å². The van der Waals surface area contributed by atoms with Crippen LogP contribution in [0, 0.1) is 20.8 Å². The van der Waals surface area contributed by atoms with Gasteiger partial charge in [-0.3, -0.25) is 4.79 Å². The lowest BCUT2D eigenvalue weighted by molar-refractivity contribution is 0.102. The number of hydrogen-bond donors (Lipinski definition) is 2. The van der Waals surface area contributed by atoms with Crippen LogP contribution in [0.25, 0.3) is 0 Å². The van der Waals surface area contributed by atoms with E-state index in [4.69, 9.17) is 9.47 Å². The van der Waals surface area contributed by atoms with Crippen LogP contribution in [0.5, 0.6) is 11.5 Å². The summed E-state index contributed by atoms with van der Waals surface area (Å²) in [5, 5.41) is 6.11. The highest BCUT2D eigenvalue weighted by atomic mass is 16.5. The van der Waals surface area contributed by atoms with Crippen LogP contribution in [-0.2, 0) is 0 Å². The average molecular weight is 392 g/mol.